The van der Waals surface area contributed by atoms with Gasteiger partial charge >= 0.3 is 0 Å². The molecule has 5 atom stereocenters. The summed E-state index contributed by atoms with van der Waals surface area (Å²) in [6.45, 7) is 14.4. The van der Waals surface area contributed by atoms with Crippen molar-refractivity contribution in [2.24, 2.45) is 16.7 Å². The zero-order valence-corrected chi connectivity index (χ0v) is 15.4. The molecule has 0 aromatic heterocycles. The highest BCUT2D eigenvalue weighted by molar-refractivity contribution is 5.91. The monoisotopic (exact) mass is 320 g/mol. The number of carbonyl (C=O) groups is 1. The van der Waals surface area contributed by atoms with Crippen molar-refractivity contribution < 1.29 is 14.6 Å². The molecular weight excluding hydrogens is 288 g/mol. The van der Waals surface area contributed by atoms with Crippen LogP contribution in [0.2, 0.25) is 0 Å². The molecule has 3 rings (SSSR count). The van der Waals surface area contributed by atoms with Gasteiger partial charge in [-0.3, -0.25) is 4.79 Å². The molecule has 130 valence electrons. The summed E-state index contributed by atoms with van der Waals surface area (Å²) in [6, 6.07) is 0. The van der Waals surface area contributed by atoms with Crippen LogP contribution in [-0.2, 0) is 9.53 Å². The van der Waals surface area contributed by atoms with Crippen LogP contribution in [-0.4, -0.2) is 27.7 Å². The first-order chi connectivity index (χ1) is 10.4. The summed E-state index contributed by atoms with van der Waals surface area (Å²) in [7, 11) is 0. The number of Topliss-reactive ketones (excluding diaryl/α,β-unsaturated/α-hetero) is 1. The third-order valence-corrected chi connectivity index (χ3v) is 7.54. The summed E-state index contributed by atoms with van der Waals surface area (Å²) in [5.41, 5.74) is -3.16. The van der Waals surface area contributed by atoms with Gasteiger partial charge in [0.05, 0.1) is 5.60 Å². The number of carbonyl (C=O) groups excluding carboxylic acids is 1. The van der Waals surface area contributed by atoms with Crippen LogP contribution in [0.4, 0.5) is 0 Å². The van der Waals surface area contributed by atoms with Crippen molar-refractivity contribution in [3.8, 4) is 0 Å². The third-order valence-electron chi connectivity index (χ3n) is 7.54. The van der Waals surface area contributed by atoms with Crippen molar-refractivity contribution in [1.82, 2.24) is 0 Å². The molecule has 1 heterocycles. The van der Waals surface area contributed by atoms with Crippen molar-refractivity contribution in [1.29, 1.82) is 0 Å². The highest BCUT2D eigenvalue weighted by Gasteiger charge is 2.73. The summed E-state index contributed by atoms with van der Waals surface area (Å²) in [6.07, 6.45) is 6.78. The summed E-state index contributed by atoms with van der Waals surface area (Å²) >= 11 is 0. The van der Waals surface area contributed by atoms with Gasteiger partial charge in [-0.05, 0) is 50.9 Å². The Kier molecular flexibility index (Phi) is 3.50. The molecule has 3 nitrogen and oxygen atoms in total. The van der Waals surface area contributed by atoms with Crippen molar-refractivity contribution >= 4 is 5.78 Å². The summed E-state index contributed by atoms with van der Waals surface area (Å²) in [5, 5.41) is 11.8. The predicted octanol–water partition coefficient (Wildman–Crippen LogP) is 4.04. The molecule has 23 heavy (non-hydrogen) atoms. The number of hydrogen-bond donors (Lipinski definition) is 1. The Morgan fingerprint density at radius 3 is 2.43 bits per heavy atom. The van der Waals surface area contributed by atoms with E-state index in [1.54, 1.807) is 6.08 Å². The van der Waals surface area contributed by atoms with Gasteiger partial charge in [-0.2, -0.15) is 0 Å². The number of fused-ring (bicyclic) bond motifs is 3. The zero-order valence-electron chi connectivity index (χ0n) is 15.4. The van der Waals surface area contributed by atoms with E-state index in [0.717, 1.165) is 25.7 Å². The zero-order chi connectivity index (χ0) is 17.3. The fraction of sp³-hybridized carbons (Fsp3) is 0.850. The van der Waals surface area contributed by atoms with Crippen molar-refractivity contribution in [2.45, 2.75) is 89.9 Å². The average molecular weight is 320 g/mol. The van der Waals surface area contributed by atoms with E-state index in [0.29, 0.717) is 5.92 Å². The van der Waals surface area contributed by atoms with E-state index < -0.39 is 22.2 Å². The molecular formula is C20H32O3. The SMILES string of the molecule is C=C[C@@]1(C)CC(=O)[C@@]2(O)[C@@](C)(CC[C@@H]3C(C)(C)CCC[C@@]32C)O1. The van der Waals surface area contributed by atoms with E-state index >= 15 is 0 Å². The largest absolute Gasteiger partial charge is 0.378 e. The maximum absolute atomic E-state index is 13.2. The fourth-order valence-electron chi connectivity index (χ4n) is 6.32. The van der Waals surface area contributed by atoms with E-state index in [9.17, 15) is 9.90 Å². The molecule has 0 spiro atoms. The van der Waals surface area contributed by atoms with E-state index in [1.807, 2.05) is 13.8 Å². The second kappa shape index (κ2) is 4.70. The minimum absolute atomic E-state index is 0.0569. The van der Waals surface area contributed by atoms with E-state index in [2.05, 4.69) is 27.4 Å². The molecule has 1 N–H and O–H groups in total. The van der Waals surface area contributed by atoms with Gasteiger partial charge in [0, 0.05) is 11.8 Å². The highest BCUT2D eigenvalue weighted by Crippen LogP contribution is 2.66. The van der Waals surface area contributed by atoms with E-state index in [4.69, 9.17) is 4.74 Å². The molecule has 0 radical (unpaired) electrons. The molecule has 0 unspecified atom stereocenters. The molecule has 2 aliphatic carbocycles. The number of ketones is 1. The number of rotatable bonds is 1. The van der Waals surface area contributed by atoms with Gasteiger partial charge in [-0.1, -0.05) is 33.3 Å². The van der Waals surface area contributed by atoms with Crippen LogP contribution in [0, 0.1) is 16.7 Å². The lowest BCUT2D eigenvalue weighted by molar-refractivity contribution is -0.307. The number of hydrogen-bond acceptors (Lipinski definition) is 3. The third kappa shape index (κ3) is 1.99. The first kappa shape index (κ1) is 17.2. The lowest BCUT2D eigenvalue weighted by Gasteiger charge is -2.67. The maximum Gasteiger partial charge on any atom is 0.171 e. The minimum atomic E-state index is -1.40. The molecule has 0 aromatic carbocycles. The van der Waals surface area contributed by atoms with Gasteiger partial charge in [-0.25, -0.2) is 0 Å². The van der Waals surface area contributed by atoms with Gasteiger partial charge in [0.25, 0.3) is 0 Å². The van der Waals surface area contributed by atoms with Crippen molar-refractivity contribution in [3.63, 3.8) is 0 Å². The topological polar surface area (TPSA) is 46.5 Å². The molecule has 1 aliphatic heterocycles. The van der Waals surface area contributed by atoms with Gasteiger partial charge in [0.1, 0.15) is 5.60 Å². The lowest BCUT2D eigenvalue weighted by Crippen LogP contribution is -2.77. The van der Waals surface area contributed by atoms with Gasteiger partial charge in [0.2, 0.25) is 0 Å². The standard InChI is InChI=1S/C20H32O3/c1-7-17(4)13-15(21)20(22)18(5)11-8-10-16(2,3)14(18)9-12-19(20,6)23-17/h7,14,22H,1,8-13H2,2-6H3/t14-,17+,18+,19-,20+/m1/s1. The molecule has 0 amide bonds. The Labute approximate surface area is 140 Å². The molecule has 3 fully saturated rings. The van der Waals surface area contributed by atoms with Crippen LogP contribution in [0.25, 0.3) is 0 Å². The molecule has 2 saturated carbocycles. The minimum Gasteiger partial charge on any atom is -0.378 e. The fourth-order valence-corrected chi connectivity index (χ4v) is 6.32. The van der Waals surface area contributed by atoms with Crippen LogP contribution < -0.4 is 0 Å². The Hall–Kier alpha value is -0.670. The quantitative estimate of drug-likeness (QED) is 0.742. The Morgan fingerprint density at radius 1 is 1.17 bits per heavy atom. The lowest BCUT2D eigenvalue weighted by atomic mass is 9.42. The maximum atomic E-state index is 13.2. The van der Waals surface area contributed by atoms with E-state index in [-0.39, 0.29) is 17.6 Å². The second-order valence-electron chi connectivity index (χ2n) is 9.51. The van der Waals surface area contributed by atoms with Crippen molar-refractivity contribution in [2.75, 3.05) is 0 Å². The molecule has 3 heteroatoms. The number of ether oxygens (including phenoxy) is 1. The normalized spacial score (nSPS) is 52.4. The Balaban J connectivity index is 2.12. The molecule has 3 aliphatic rings. The van der Waals surface area contributed by atoms with Gasteiger partial charge in [-0.15, -0.1) is 6.58 Å². The highest BCUT2D eigenvalue weighted by atomic mass is 16.5. The second-order valence-corrected chi connectivity index (χ2v) is 9.51. The van der Waals surface area contributed by atoms with Crippen LogP contribution in [0.15, 0.2) is 12.7 Å². The smallest absolute Gasteiger partial charge is 0.171 e. The van der Waals surface area contributed by atoms with Crippen LogP contribution >= 0.6 is 0 Å². The van der Waals surface area contributed by atoms with Gasteiger partial charge < -0.3 is 9.84 Å². The molecule has 0 aromatic rings. The van der Waals surface area contributed by atoms with Gasteiger partial charge in [0.15, 0.2) is 11.4 Å². The van der Waals surface area contributed by atoms with Crippen LogP contribution in [0.1, 0.15) is 73.1 Å². The summed E-state index contributed by atoms with van der Waals surface area (Å²) in [5.74, 6) is 0.293. The van der Waals surface area contributed by atoms with Crippen molar-refractivity contribution in [3.05, 3.63) is 12.7 Å². The van der Waals surface area contributed by atoms with E-state index in [1.165, 1.54) is 6.42 Å². The molecule has 1 saturated heterocycles. The first-order valence-electron chi connectivity index (χ1n) is 9.04. The first-order valence-corrected chi connectivity index (χ1v) is 9.04. The summed E-state index contributed by atoms with van der Waals surface area (Å²) < 4.78 is 6.38. The van der Waals surface area contributed by atoms with Crippen LogP contribution in [0.3, 0.4) is 0 Å². The van der Waals surface area contributed by atoms with Crippen LogP contribution in [0.5, 0.6) is 0 Å². The molecule has 0 bridgehead atoms. The Morgan fingerprint density at radius 2 is 1.83 bits per heavy atom. The average Bonchev–Trinajstić information content (AvgIpc) is 2.42. The predicted molar refractivity (Wildman–Crippen MR) is 91.1 cm³/mol. The summed E-state index contributed by atoms with van der Waals surface area (Å²) in [4.78, 5) is 13.2. The Bertz CT molecular complexity index is 553. The number of aliphatic hydroxyl groups is 1.